The molecule has 0 aromatic heterocycles. The van der Waals surface area contributed by atoms with E-state index in [2.05, 4.69) is 15.9 Å². The van der Waals surface area contributed by atoms with Crippen LogP contribution in [0.5, 0.6) is 0 Å². The van der Waals surface area contributed by atoms with E-state index >= 15 is 0 Å². The van der Waals surface area contributed by atoms with Gasteiger partial charge in [0, 0.05) is 23.0 Å². The average Bonchev–Trinajstić information content (AvgIpc) is 2.70. The van der Waals surface area contributed by atoms with Crippen LogP contribution in [0.15, 0.2) is 22.7 Å². The van der Waals surface area contributed by atoms with E-state index in [9.17, 15) is 14.7 Å². The van der Waals surface area contributed by atoms with Gasteiger partial charge >= 0.3 is 0 Å². The molecule has 106 valence electrons. The van der Waals surface area contributed by atoms with Gasteiger partial charge in [-0.1, -0.05) is 28.8 Å². The second-order valence-electron chi connectivity index (χ2n) is 5.46. The number of hydrogen-bond donors (Lipinski definition) is 1. The van der Waals surface area contributed by atoms with Gasteiger partial charge in [0.15, 0.2) is 0 Å². The van der Waals surface area contributed by atoms with E-state index < -0.39 is 0 Å². The van der Waals surface area contributed by atoms with Gasteiger partial charge in [0.2, 0.25) is 0 Å². The molecule has 1 saturated carbocycles. The summed E-state index contributed by atoms with van der Waals surface area (Å²) in [6.07, 6.45) is 3.71. The van der Waals surface area contributed by atoms with Gasteiger partial charge in [-0.05, 0) is 31.0 Å². The Labute approximate surface area is 125 Å². The number of fused-ring (bicyclic) bond motifs is 1. The Balaban J connectivity index is 1.96. The number of hydrogen-bond acceptors (Lipinski definition) is 3. The van der Waals surface area contributed by atoms with E-state index in [-0.39, 0.29) is 30.4 Å². The molecule has 1 aromatic carbocycles. The zero-order valence-electron chi connectivity index (χ0n) is 11.0. The number of nitrogens with zero attached hydrogens (tertiary/aromatic N) is 1. The maximum Gasteiger partial charge on any atom is 0.261 e. The van der Waals surface area contributed by atoms with Crippen molar-refractivity contribution in [2.45, 2.75) is 31.7 Å². The van der Waals surface area contributed by atoms with Crippen molar-refractivity contribution in [2.75, 3.05) is 6.61 Å². The Morgan fingerprint density at radius 3 is 2.60 bits per heavy atom. The Bertz CT molecular complexity index is 572. The van der Waals surface area contributed by atoms with Crippen molar-refractivity contribution in [1.29, 1.82) is 0 Å². The van der Waals surface area contributed by atoms with Gasteiger partial charge in [-0.3, -0.25) is 14.5 Å². The third kappa shape index (κ3) is 2.09. The molecule has 2 unspecified atom stereocenters. The molecule has 1 N–H and O–H groups in total. The second-order valence-corrected chi connectivity index (χ2v) is 6.38. The highest BCUT2D eigenvalue weighted by Crippen LogP contribution is 2.34. The van der Waals surface area contributed by atoms with Crippen molar-refractivity contribution >= 4 is 27.7 Å². The number of aliphatic hydroxyl groups is 1. The largest absolute Gasteiger partial charge is 0.396 e. The number of rotatable bonds is 2. The van der Waals surface area contributed by atoms with Crippen LogP contribution < -0.4 is 0 Å². The molecule has 1 aliphatic heterocycles. The SMILES string of the molecule is O=C1c2ccc(Br)cc2C(=O)N1C1CCCCC1CO. The van der Waals surface area contributed by atoms with Gasteiger partial charge in [0.05, 0.1) is 11.1 Å². The molecule has 2 aliphatic rings. The lowest BCUT2D eigenvalue weighted by Gasteiger charge is -2.35. The fourth-order valence-electron chi connectivity index (χ4n) is 3.27. The third-order valence-corrected chi connectivity index (χ3v) is 4.81. The summed E-state index contributed by atoms with van der Waals surface area (Å²) >= 11 is 3.33. The van der Waals surface area contributed by atoms with Crippen molar-refractivity contribution < 1.29 is 14.7 Å². The number of aliphatic hydroxyl groups excluding tert-OH is 1. The van der Waals surface area contributed by atoms with Gasteiger partial charge in [-0.15, -0.1) is 0 Å². The number of benzene rings is 1. The third-order valence-electron chi connectivity index (χ3n) is 4.32. The molecule has 3 rings (SSSR count). The maximum atomic E-state index is 12.5. The standard InChI is InChI=1S/C15H16BrNO3/c16-10-5-6-11-12(7-10)15(20)17(14(11)19)13-4-2-1-3-9(13)8-18/h5-7,9,13,18H,1-4,8H2. The van der Waals surface area contributed by atoms with Crippen LogP contribution in [-0.2, 0) is 0 Å². The number of carbonyl (C=O) groups is 2. The number of imide groups is 1. The Hall–Kier alpha value is -1.20. The first-order valence-corrected chi connectivity index (χ1v) is 7.71. The summed E-state index contributed by atoms with van der Waals surface area (Å²) in [5, 5.41) is 9.50. The molecule has 2 atom stereocenters. The molecule has 2 amide bonds. The summed E-state index contributed by atoms with van der Waals surface area (Å²) in [5.74, 6) is -0.436. The van der Waals surface area contributed by atoms with Gasteiger partial charge in [0.1, 0.15) is 0 Å². The monoisotopic (exact) mass is 337 g/mol. The molecule has 1 heterocycles. The molecule has 4 nitrogen and oxygen atoms in total. The highest BCUT2D eigenvalue weighted by atomic mass is 79.9. The maximum absolute atomic E-state index is 12.5. The van der Waals surface area contributed by atoms with Crippen LogP contribution in [0.3, 0.4) is 0 Å². The summed E-state index contributed by atoms with van der Waals surface area (Å²) in [4.78, 5) is 26.4. The summed E-state index contributed by atoms with van der Waals surface area (Å²) in [6.45, 7) is 0.0295. The lowest BCUT2D eigenvalue weighted by atomic mass is 9.84. The molecule has 0 radical (unpaired) electrons. The molecule has 1 aliphatic carbocycles. The van der Waals surface area contributed by atoms with Crippen LogP contribution >= 0.6 is 15.9 Å². The van der Waals surface area contributed by atoms with Crippen molar-refractivity contribution in [1.82, 2.24) is 4.90 Å². The van der Waals surface area contributed by atoms with Gasteiger partial charge in [0.25, 0.3) is 11.8 Å². The Morgan fingerprint density at radius 1 is 1.15 bits per heavy atom. The van der Waals surface area contributed by atoms with Gasteiger partial charge in [-0.2, -0.15) is 0 Å². The molecular weight excluding hydrogens is 322 g/mol. The van der Waals surface area contributed by atoms with Crippen LogP contribution in [0.4, 0.5) is 0 Å². The Kier molecular flexibility index (Phi) is 3.65. The van der Waals surface area contributed by atoms with Crippen molar-refractivity contribution in [2.24, 2.45) is 5.92 Å². The summed E-state index contributed by atoms with van der Waals surface area (Å²) in [6, 6.07) is 5.00. The number of amides is 2. The normalized spacial score (nSPS) is 26.0. The van der Waals surface area contributed by atoms with E-state index in [4.69, 9.17) is 0 Å². The van der Waals surface area contributed by atoms with Crippen LogP contribution in [0.1, 0.15) is 46.4 Å². The molecule has 0 bridgehead atoms. The quantitative estimate of drug-likeness (QED) is 0.844. The lowest BCUT2D eigenvalue weighted by Crippen LogP contribution is -2.46. The zero-order chi connectivity index (χ0) is 14.3. The van der Waals surface area contributed by atoms with Crippen molar-refractivity contribution in [3.63, 3.8) is 0 Å². The van der Waals surface area contributed by atoms with Crippen LogP contribution in [-0.4, -0.2) is 34.5 Å². The summed E-state index contributed by atoms with van der Waals surface area (Å²) in [7, 11) is 0. The summed E-state index contributed by atoms with van der Waals surface area (Å²) in [5.41, 5.74) is 0.937. The molecule has 1 aromatic rings. The predicted molar refractivity (Wildman–Crippen MR) is 77.5 cm³/mol. The van der Waals surface area contributed by atoms with E-state index in [1.165, 1.54) is 4.90 Å². The zero-order valence-corrected chi connectivity index (χ0v) is 12.6. The minimum absolute atomic E-state index is 0.00871. The van der Waals surface area contributed by atoms with E-state index in [0.29, 0.717) is 11.1 Å². The van der Waals surface area contributed by atoms with Gasteiger partial charge in [-0.25, -0.2) is 0 Å². The molecular formula is C15H16BrNO3. The average molecular weight is 338 g/mol. The fourth-order valence-corrected chi connectivity index (χ4v) is 3.63. The van der Waals surface area contributed by atoms with Crippen molar-refractivity contribution in [3.8, 4) is 0 Å². The first-order chi connectivity index (χ1) is 9.63. The molecule has 0 saturated heterocycles. The lowest BCUT2D eigenvalue weighted by molar-refractivity contribution is 0.0399. The van der Waals surface area contributed by atoms with Crippen LogP contribution in [0, 0.1) is 5.92 Å². The molecule has 0 spiro atoms. The van der Waals surface area contributed by atoms with E-state index in [1.807, 2.05) is 0 Å². The number of halogens is 1. The summed E-state index contributed by atoms with van der Waals surface area (Å²) < 4.78 is 0.793. The van der Waals surface area contributed by atoms with E-state index in [0.717, 1.165) is 30.2 Å². The molecule has 1 fully saturated rings. The first-order valence-electron chi connectivity index (χ1n) is 6.91. The second kappa shape index (κ2) is 5.30. The van der Waals surface area contributed by atoms with Gasteiger partial charge < -0.3 is 5.11 Å². The number of carbonyl (C=O) groups excluding carboxylic acids is 2. The predicted octanol–water partition coefficient (Wildman–Crippen LogP) is 2.60. The van der Waals surface area contributed by atoms with Crippen LogP contribution in [0.25, 0.3) is 0 Å². The van der Waals surface area contributed by atoms with Crippen LogP contribution in [0.2, 0.25) is 0 Å². The first kappa shape index (κ1) is 13.8. The topological polar surface area (TPSA) is 57.6 Å². The smallest absolute Gasteiger partial charge is 0.261 e. The minimum atomic E-state index is -0.225. The Morgan fingerprint density at radius 2 is 1.85 bits per heavy atom. The minimum Gasteiger partial charge on any atom is -0.396 e. The molecule has 5 heteroatoms. The molecule has 20 heavy (non-hydrogen) atoms. The highest BCUT2D eigenvalue weighted by Gasteiger charge is 2.43. The van der Waals surface area contributed by atoms with E-state index in [1.54, 1.807) is 18.2 Å². The highest BCUT2D eigenvalue weighted by molar-refractivity contribution is 9.10. The van der Waals surface area contributed by atoms with Crippen molar-refractivity contribution in [3.05, 3.63) is 33.8 Å². The fraction of sp³-hybridized carbons (Fsp3) is 0.467.